The molecule has 1 amide bonds. The minimum absolute atomic E-state index is 0.280. The Morgan fingerprint density at radius 1 is 1.33 bits per heavy atom. The second-order valence-corrected chi connectivity index (χ2v) is 4.76. The van der Waals surface area contributed by atoms with Crippen molar-refractivity contribution in [3.05, 3.63) is 47.1 Å². The van der Waals surface area contributed by atoms with Crippen LogP contribution in [0.5, 0.6) is 0 Å². The van der Waals surface area contributed by atoms with Crippen molar-refractivity contribution in [2.24, 2.45) is 0 Å². The third kappa shape index (κ3) is 2.66. The van der Waals surface area contributed by atoms with E-state index in [0.717, 1.165) is 11.0 Å². The molecule has 3 N–H and O–H groups in total. The molecular formula is C14H12ClN5O. The monoisotopic (exact) mass is 301 g/mol. The van der Waals surface area contributed by atoms with E-state index in [4.69, 9.17) is 11.6 Å². The van der Waals surface area contributed by atoms with Crippen LogP contribution in [0, 0.1) is 0 Å². The van der Waals surface area contributed by atoms with Crippen molar-refractivity contribution in [2.75, 3.05) is 17.7 Å². The maximum absolute atomic E-state index is 12.3. The molecule has 1 aromatic carbocycles. The second kappa shape index (κ2) is 5.41. The largest absolute Gasteiger partial charge is 0.373 e. The van der Waals surface area contributed by atoms with E-state index >= 15 is 0 Å². The summed E-state index contributed by atoms with van der Waals surface area (Å²) in [6, 6.07) is 9.11. The number of H-pyrrole nitrogens is 1. The van der Waals surface area contributed by atoms with E-state index in [1.54, 1.807) is 13.1 Å². The molecule has 0 aliphatic heterocycles. The summed E-state index contributed by atoms with van der Waals surface area (Å²) < 4.78 is 0. The zero-order valence-electron chi connectivity index (χ0n) is 11.1. The summed E-state index contributed by atoms with van der Waals surface area (Å²) >= 11 is 6.01. The number of fused-ring (bicyclic) bond motifs is 1. The number of hydrogen-bond acceptors (Lipinski definition) is 4. The average Bonchev–Trinajstić information content (AvgIpc) is 2.89. The molecule has 0 spiro atoms. The van der Waals surface area contributed by atoms with E-state index in [2.05, 4.69) is 25.6 Å². The number of imidazole rings is 1. The molecule has 0 saturated carbocycles. The highest BCUT2D eigenvalue weighted by atomic mass is 35.5. The number of halogens is 1. The molecule has 3 rings (SSSR count). The van der Waals surface area contributed by atoms with Gasteiger partial charge >= 0.3 is 0 Å². The summed E-state index contributed by atoms with van der Waals surface area (Å²) in [6.45, 7) is 0. The van der Waals surface area contributed by atoms with Crippen molar-refractivity contribution >= 4 is 40.3 Å². The molecule has 106 valence electrons. The Kier molecular flexibility index (Phi) is 3.45. The van der Waals surface area contributed by atoms with Crippen LogP contribution in [0.25, 0.3) is 11.0 Å². The molecule has 2 heterocycles. The maximum atomic E-state index is 12.3. The third-order valence-corrected chi connectivity index (χ3v) is 3.28. The van der Waals surface area contributed by atoms with Crippen molar-refractivity contribution < 1.29 is 4.79 Å². The average molecular weight is 302 g/mol. The topological polar surface area (TPSA) is 82.7 Å². The van der Waals surface area contributed by atoms with Gasteiger partial charge in [0.2, 0.25) is 5.95 Å². The number of nitrogens with one attached hydrogen (secondary N) is 3. The van der Waals surface area contributed by atoms with E-state index in [9.17, 15) is 4.79 Å². The first kappa shape index (κ1) is 13.4. The summed E-state index contributed by atoms with van der Waals surface area (Å²) in [5, 5.41) is 5.84. The molecule has 7 heteroatoms. The van der Waals surface area contributed by atoms with Gasteiger partial charge in [-0.2, -0.15) is 0 Å². The number of benzene rings is 1. The number of rotatable bonds is 3. The summed E-state index contributed by atoms with van der Waals surface area (Å²) in [5.41, 5.74) is 1.96. The number of carbonyl (C=O) groups is 1. The number of hydrogen-bond donors (Lipinski definition) is 3. The molecule has 0 saturated heterocycles. The lowest BCUT2D eigenvalue weighted by Crippen LogP contribution is -2.14. The van der Waals surface area contributed by atoms with Crippen LogP contribution in [0.15, 0.2) is 36.5 Å². The first-order chi connectivity index (χ1) is 10.2. The number of carbonyl (C=O) groups excluding carboxylic acids is 1. The van der Waals surface area contributed by atoms with Gasteiger partial charge in [-0.3, -0.25) is 10.1 Å². The molecule has 21 heavy (non-hydrogen) atoms. The third-order valence-electron chi connectivity index (χ3n) is 2.98. The normalized spacial score (nSPS) is 10.6. The molecule has 0 unspecified atom stereocenters. The molecule has 2 aromatic heterocycles. The summed E-state index contributed by atoms with van der Waals surface area (Å²) in [6.07, 6.45) is 1.43. The predicted molar refractivity (Wildman–Crippen MR) is 82.8 cm³/mol. The number of nitrogens with zero attached hydrogens (tertiary/aromatic N) is 2. The fourth-order valence-electron chi connectivity index (χ4n) is 1.94. The standard InChI is InChI=1S/C14H12ClN5O/c1-16-12-6-8(9(15)7-17-12)13(21)20-14-18-10-4-2-3-5-11(10)19-14/h2-7H,1H3,(H,16,17)(H2,18,19,20,21). The molecule has 6 nitrogen and oxygen atoms in total. The van der Waals surface area contributed by atoms with Crippen LogP contribution in [-0.2, 0) is 0 Å². The fraction of sp³-hybridized carbons (Fsp3) is 0.0714. The molecular weight excluding hydrogens is 290 g/mol. The highest BCUT2D eigenvalue weighted by molar-refractivity contribution is 6.34. The lowest BCUT2D eigenvalue weighted by molar-refractivity contribution is 0.102. The quantitative estimate of drug-likeness (QED) is 0.694. The van der Waals surface area contributed by atoms with Crippen LogP contribution in [0.4, 0.5) is 11.8 Å². The van der Waals surface area contributed by atoms with Gasteiger partial charge in [0.15, 0.2) is 0 Å². The van der Waals surface area contributed by atoms with Crippen molar-refractivity contribution in [2.45, 2.75) is 0 Å². The molecule has 0 atom stereocenters. The van der Waals surface area contributed by atoms with Gasteiger partial charge in [-0.1, -0.05) is 23.7 Å². The summed E-state index contributed by atoms with van der Waals surface area (Å²) in [5.74, 6) is 0.590. The Hall–Kier alpha value is -2.60. The van der Waals surface area contributed by atoms with E-state index in [1.807, 2.05) is 24.3 Å². The number of aromatic nitrogens is 3. The lowest BCUT2D eigenvalue weighted by atomic mass is 10.2. The Labute approximate surface area is 125 Å². The SMILES string of the molecule is CNc1cc(C(=O)Nc2nc3ccccc3[nH]2)c(Cl)cn1. The van der Waals surface area contributed by atoms with Gasteiger partial charge in [-0.25, -0.2) is 9.97 Å². The van der Waals surface area contributed by atoms with Crippen molar-refractivity contribution in [1.82, 2.24) is 15.0 Å². The smallest absolute Gasteiger partial charge is 0.259 e. The minimum atomic E-state index is -0.349. The fourth-order valence-corrected chi connectivity index (χ4v) is 2.13. The van der Waals surface area contributed by atoms with Crippen molar-refractivity contribution in [3.8, 4) is 0 Å². The van der Waals surface area contributed by atoms with Crippen LogP contribution >= 0.6 is 11.6 Å². The Bertz CT molecular complexity index is 781. The summed E-state index contributed by atoms with van der Waals surface area (Å²) in [7, 11) is 1.72. The van der Waals surface area contributed by atoms with Gasteiger partial charge in [0, 0.05) is 13.2 Å². The molecule has 0 fully saturated rings. The van der Waals surface area contributed by atoms with Crippen LogP contribution in [0.1, 0.15) is 10.4 Å². The van der Waals surface area contributed by atoms with Crippen molar-refractivity contribution in [1.29, 1.82) is 0 Å². The molecule has 0 aliphatic rings. The zero-order valence-corrected chi connectivity index (χ0v) is 11.9. The number of aromatic amines is 1. The van der Waals surface area contributed by atoms with Crippen LogP contribution in [0.3, 0.4) is 0 Å². The lowest BCUT2D eigenvalue weighted by Gasteiger charge is -2.06. The first-order valence-corrected chi connectivity index (χ1v) is 6.64. The van der Waals surface area contributed by atoms with Crippen LogP contribution in [0.2, 0.25) is 5.02 Å². The Morgan fingerprint density at radius 2 is 2.14 bits per heavy atom. The minimum Gasteiger partial charge on any atom is -0.373 e. The number of anilines is 2. The number of pyridine rings is 1. The summed E-state index contributed by atoms with van der Waals surface area (Å²) in [4.78, 5) is 23.6. The van der Waals surface area contributed by atoms with E-state index in [0.29, 0.717) is 17.3 Å². The van der Waals surface area contributed by atoms with Crippen molar-refractivity contribution in [3.63, 3.8) is 0 Å². The Morgan fingerprint density at radius 3 is 2.90 bits per heavy atom. The Balaban J connectivity index is 1.89. The van der Waals surface area contributed by atoms with E-state index < -0.39 is 0 Å². The van der Waals surface area contributed by atoms with E-state index in [1.165, 1.54) is 6.20 Å². The van der Waals surface area contributed by atoms with E-state index in [-0.39, 0.29) is 10.9 Å². The van der Waals surface area contributed by atoms with Gasteiger partial charge in [-0.05, 0) is 18.2 Å². The first-order valence-electron chi connectivity index (χ1n) is 6.27. The number of para-hydroxylation sites is 2. The van der Waals surface area contributed by atoms with Gasteiger partial charge in [0.1, 0.15) is 5.82 Å². The highest BCUT2D eigenvalue weighted by Gasteiger charge is 2.14. The second-order valence-electron chi connectivity index (χ2n) is 4.36. The zero-order chi connectivity index (χ0) is 14.8. The molecule has 0 bridgehead atoms. The molecule has 0 aliphatic carbocycles. The van der Waals surface area contributed by atoms with Gasteiger partial charge < -0.3 is 10.3 Å². The van der Waals surface area contributed by atoms with Gasteiger partial charge in [-0.15, -0.1) is 0 Å². The van der Waals surface area contributed by atoms with Gasteiger partial charge in [0.05, 0.1) is 21.6 Å². The highest BCUT2D eigenvalue weighted by Crippen LogP contribution is 2.20. The number of amides is 1. The van der Waals surface area contributed by atoms with Gasteiger partial charge in [0.25, 0.3) is 5.91 Å². The maximum Gasteiger partial charge on any atom is 0.259 e. The van der Waals surface area contributed by atoms with Crippen LogP contribution in [-0.4, -0.2) is 27.9 Å². The van der Waals surface area contributed by atoms with Crippen LogP contribution < -0.4 is 10.6 Å². The molecule has 3 aromatic rings. The predicted octanol–water partition coefficient (Wildman–Crippen LogP) is 2.91. The molecule has 0 radical (unpaired) electrons.